The van der Waals surface area contributed by atoms with Gasteiger partial charge in [-0.15, -0.1) is 0 Å². The Kier molecular flexibility index (Phi) is 3.24. The highest BCUT2D eigenvalue weighted by Crippen LogP contribution is 2.28. The fourth-order valence-corrected chi connectivity index (χ4v) is 2.32. The normalized spacial score (nSPS) is 19.3. The Labute approximate surface area is 114 Å². The monoisotopic (exact) mass is 283 g/mol. The van der Waals surface area contributed by atoms with E-state index in [0.717, 1.165) is 24.9 Å². The van der Waals surface area contributed by atoms with Gasteiger partial charge in [0, 0.05) is 5.56 Å². The topological polar surface area (TPSA) is 51.0 Å². The van der Waals surface area contributed by atoms with E-state index in [4.69, 9.17) is 27.7 Å². The Bertz CT molecular complexity index is 564. The summed E-state index contributed by atoms with van der Waals surface area (Å²) in [7, 11) is 0. The van der Waals surface area contributed by atoms with Crippen LogP contribution in [0.1, 0.15) is 24.8 Å². The number of rotatable bonds is 2. The molecular formula is C12H11Cl2N3O. The van der Waals surface area contributed by atoms with Crippen molar-refractivity contribution in [2.45, 2.75) is 18.9 Å². The minimum Gasteiger partial charge on any atom is -0.337 e. The van der Waals surface area contributed by atoms with E-state index in [1.807, 2.05) is 6.07 Å². The molecule has 0 saturated carbocycles. The summed E-state index contributed by atoms with van der Waals surface area (Å²) in [4.78, 5) is 4.39. The van der Waals surface area contributed by atoms with Crippen LogP contribution in [0.15, 0.2) is 22.7 Å². The lowest BCUT2D eigenvalue weighted by atomic mass is 10.2. The predicted octanol–water partition coefficient (Wildman–Crippen LogP) is 3.47. The van der Waals surface area contributed by atoms with Gasteiger partial charge < -0.3 is 9.84 Å². The first-order chi connectivity index (χ1) is 8.74. The SMILES string of the molecule is Clc1ccc(-c2noc([C@H]3CCCN3)n2)cc1Cl. The molecule has 2 heterocycles. The van der Waals surface area contributed by atoms with E-state index >= 15 is 0 Å². The molecule has 94 valence electrons. The first-order valence-corrected chi connectivity index (χ1v) is 6.52. The van der Waals surface area contributed by atoms with Gasteiger partial charge in [0.2, 0.25) is 11.7 Å². The summed E-state index contributed by atoms with van der Waals surface area (Å²) in [5, 5.41) is 8.29. The van der Waals surface area contributed by atoms with E-state index in [1.165, 1.54) is 0 Å². The molecule has 1 aromatic heterocycles. The van der Waals surface area contributed by atoms with Gasteiger partial charge in [0.1, 0.15) is 0 Å². The van der Waals surface area contributed by atoms with Crippen LogP contribution in [0.2, 0.25) is 10.0 Å². The third-order valence-corrected chi connectivity index (χ3v) is 3.72. The third-order valence-electron chi connectivity index (χ3n) is 2.98. The highest BCUT2D eigenvalue weighted by atomic mass is 35.5. The van der Waals surface area contributed by atoms with Crippen LogP contribution >= 0.6 is 23.2 Å². The second-order valence-electron chi connectivity index (χ2n) is 4.23. The lowest BCUT2D eigenvalue weighted by Crippen LogP contribution is -2.12. The largest absolute Gasteiger partial charge is 0.337 e. The molecule has 0 spiro atoms. The number of nitrogens with one attached hydrogen (secondary N) is 1. The molecule has 1 aliphatic rings. The number of hydrogen-bond acceptors (Lipinski definition) is 4. The molecular weight excluding hydrogens is 273 g/mol. The van der Waals surface area contributed by atoms with Crippen LogP contribution in [0.4, 0.5) is 0 Å². The zero-order valence-electron chi connectivity index (χ0n) is 9.49. The van der Waals surface area contributed by atoms with Gasteiger partial charge in [-0.05, 0) is 37.6 Å². The molecule has 18 heavy (non-hydrogen) atoms. The molecule has 0 bridgehead atoms. The van der Waals surface area contributed by atoms with Crippen LogP contribution in [0.5, 0.6) is 0 Å². The van der Waals surface area contributed by atoms with E-state index in [-0.39, 0.29) is 6.04 Å². The molecule has 6 heteroatoms. The molecule has 3 rings (SSSR count). The molecule has 1 aromatic carbocycles. The van der Waals surface area contributed by atoms with Gasteiger partial charge in [0.05, 0.1) is 16.1 Å². The standard InChI is InChI=1S/C12H11Cl2N3O/c13-8-4-3-7(6-9(8)14)11-16-12(18-17-11)10-2-1-5-15-10/h3-4,6,10,15H,1-2,5H2/t10-/m1/s1. The third kappa shape index (κ3) is 2.23. The molecule has 1 atom stereocenters. The summed E-state index contributed by atoms with van der Waals surface area (Å²) in [6, 6.07) is 5.46. The second-order valence-corrected chi connectivity index (χ2v) is 5.05. The van der Waals surface area contributed by atoms with Crippen molar-refractivity contribution in [1.82, 2.24) is 15.5 Å². The Balaban J connectivity index is 1.89. The minimum atomic E-state index is 0.175. The van der Waals surface area contributed by atoms with E-state index in [2.05, 4.69) is 15.5 Å². The summed E-state index contributed by atoms with van der Waals surface area (Å²) >= 11 is 11.8. The first kappa shape index (κ1) is 12.0. The molecule has 0 unspecified atom stereocenters. The Hall–Kier alpha value is -1.10. The van der Waals surface area contributed by atoms with Gasteiger partial charge in [-0.2, -0.15) is 4.98 Å². The van der Waals surface area contributed by atoms with Crippen molar-refractivity contribution < 1.29 is 4.52 Å². The van der Waals surface area contributed by atoms with Crippen molar-refractivity contribution in [3.05, 3.63) is 34.1 Å². The maximum absolute atomic E-state index is 5.97. The first-order valence-electron chi connectivity index (χ1n) is 5.76. The van der Waals surface area contributed by atoms with Crippen molar-refractivity contribution in [2.24, 2.45) is 0 Å². The highest BCUT2D eigenvalue weighted by Gasteiger charge is 2.22. The number of aromatic nitrogens is 2. The van der Waals surface area contributed by atoms with Gasteiger partial charge >= 0.3 is 0 Å². The Morgan fingerprint density at radius 2 is 2.17 bits per heavy atom. The number of hydrogen-bond donors (Lipinski definition) is 1. The van der Waals surface area contributed by atoms with Gasteiger partial charge in [-0.25, -0.2) is 0 Å². The molecule has 1 saturated heterocycles. The molecule has 0 amide bonds. The van der Waals surface area contributed by atoms with E-state index in [9.17, 15) is 0 Å². The van der Waals surface area contributed by atoms with Crippen LogP contribution in [0, 0.1) is 0 Å². The fraction of sp³-hybridized carbons (Fsp3) is 0.333. The van der Waals surface area contributed by atoms with Gasteiger partial charge in [0.15, 0.2) is 0 Å². The van der Waals surface area contributed by atoms with Crippen LogP contribution in [0.25, 0.3) is 11.4 Å². The second kappa shape index (κ2) is 4.88. The summed E-state index contributed by atoms with van der Waals surface area (Å²) < 4.78 is 5.27. The Morgan fingerprint density at radius 1 is 1.28 bits per heavy atom. The van der Waals surface area contributed by atoms with Crippen molar-refractivity contribution in [3.8, 4) is 11.4 Å². The molecule has 4 nitrogen and oxygen atoms in total. The molecule has 0 aliphatic carbocycles. The van der Waals surface area contributed by atoms with Crippen molar-refractivity contribution in [3.63, 3.8) is 0 Å². The van der Waals surface area contributed by atoms with Crippen LogP contribution in [-0.4, -0.2) is 16.7 Å². The summed E-state index contributed by atoms with van der Waals surface area (Å²) in [5.41, 5.74) is 0.803. The lowest BCUT2D eigenvalue weighted by molar-refractivity contribution is 0.345. The van der Waals surface area contributed by atoms with Crippen LogP contribution in [-0.2, 0) is 0 Å². The van der Waals surface area contributed by atoms with E-state index in [1.54, 1.807) is 12.1 Å². The summed E-state index contributed by atoms with van der Waals surface area (Å²) in [6.45, 7) is 0.995. The van der Waals surface area contributed by atoms with Crippen LogP contribution in [0.3, 0.4) is 0 Å². The summed E-state index contributed by atoms with van der Waals surface area (Å²) in [5.74, 6) is 1.17. The van der Waals surface area contributed by atoms with Crippen molar-refractivity contribution in [1.29, 1.82) is 0 Å². The van der Waals surface area contributed by atoms with Crippen LogP contribution < -0.4 is 5.32 Å². The fourth-order valence-electron chi connectivity index (χ4n) is 2.02. The zero-order chi connectivity index (χ0) is 12.5. The van der Waals surface area contributed by atoms with Gasteiger partial charge in [0.25, 0.3) is 0 Å². The number of nitrogens with zero attached hydrogens (tertiary/aromatic N) is 2. The lowest BCUT2D eigenvalue weighted by Gasteiger charge is -2.01. The maximum Gasteiger partial charge on any atom is 0.244 e. The quantitative estimate of drug-likeness (QED) is 0.917. The van der Waals surface area contributed by atoms with Gasteiger partial charge in [-0.1, -0.05) is 28.4 Å². The minimum absolute atomic E-state index is 0.175. The van der Waals surface area contributed by atoms with Crippen molar-refractivity contribution >= 4 is 23.2 Å². The smallest absolute Gasteiger partial charge is 0.244 e. The molecule has 2 aromatic rings. The summed E-state index contributed by atoms with van der Waals surface area (Å²) in [6.07, 6.45) is 2.16. The van der Waals surface area contributed by atoms with E-state index < -0.39 is 0 Å². The van der Waals surface area contributed by atoms with Gasteiger partial charge in [-0.3, -0.25) is 0 Å². The van der Waals surface area contributed by atoms with E-state index in [0.29, 0.717) is 21.8 Å². The highest BCUT2D eigenvalue weighted by molar-refractivity contribution is 6.42. The number of benzene rings is 1. The van der Waals surface area contributed by atoms with Crippen molar-refractivity contribution in [2.75, 3.05) is 6.54 Å². The molecule has 1 N–H and O–H groups in total. The predicted molar refractivity (Wildman–Crippen MR) is 69.7 cm³/mol. The molecule has 1 aliphatic heterocycles. The average molecular weight is 284 g/mol. The maximum atomic E-state index is 5.97. The number of halogens is 2. The molecule has 1 fully saturated rings. The average Bonchev–Trinajstić information content (AvgIpc) is 3.01. The molecule has 0 radical (unpaired) electrons. The Morgan fingerprint density at radius 3 is 2.89 bits per heavy atom. The zero-order valence-corrected chi connectivity index (χ0v) is 11.0.